The third-order valence-electron chi connectivity index (χ3n) is 2.70. The fourth-order valence-corrected chi connectivity index (χ4v) is 1.88. The predicted molar refractivity (Wildman–Crippen MR) is 68.7 cm³/mol. The van der Waals surface area contributed by atoms with Crippen molar-refractivity contribution in [1.29, 1.82) is 0 Å². The predicted octanol–water partition coefficient (Wildman–Crippen LogP) is 0.987. The van der Waals surface area contributed by atoms with Gasteiger partial charge in [-0.1, -0.05) is 17.7 Å². The number of carbonyl (C=O) groups is 1. The summed E-state index contributed by atoms with van der Waals surface area (Å²) in [7, 11) is 1.68. The van der Waals surface area contributed by atoms with E-state index < -0.39 is 5.91 Å². The smallest absolute Gasteiger partial charge is 0.328 e. The average Bonchev–Trinajstić information content (AvgIpc) is 2.63. The number of nitrogens with two attached hydrogens (primary N) is 1. The molecule has 2 N–H and O–H groups in total. The van der Waals surface area contributed by atoms with Gasteiger partial charge in [0.1, 0.15) is 0 Å². The number of carbonyl (C=O) groups excluding carboxylic acids is 1. The molecule has 0 aliphatic carbocycles. The zero-order valence-electron chi connectivity index (χ0n) is 9.76. The molecule has 0 fully saturated rings. The van der Waals surface area contributed by atoms with E-state index in [0.29, 0.717) is 17.1 Å². The van der Waals surface area contributed by atoms with Gasteiger partial charge in [-0.25, -0.2) is 4.79 Å². The van der Waals surface area contributed by atoms with Gasteiger partial charge in [0.2, 0.25) is 5.91 Å². The Morgan fingerprint density at radius 3 is 2.61 bits per heavy atom. The van der Waals surface area contributed by atoms with Gasteiger partial charge in [0.15, 0.2) is 0 Å². The zero-order chi connectivity index (χ0) is 13.3. The summed E-state index contributed by atoms with van der Waals surface area (Å²) >= 11 is 6.05. The third kappa shape index (κ3) is 2.31. The van der Waals surface area contributed by atoms with Crippen molar-refractivity contribution in [3.8, 4) is 0 Å². The Labute approximate surface area is 108 Å². The highest BCUT2D eigenvalue weighted by Crippen LogP contribution is 2.18. The van der Waals surface area contributed by atoms with Gasteiger partial charge in [-0.3, -0.25) is 9.36 Å². The molecule has 0 bridgehead atoms. The normalized spacial score (nSPS) is 10.6. The van der Waals surface area contributed by atoms with Gasteiger partial charge in [-0.15, -0.1) is 0 Å². The Morgan fingerprint density at radius 2 is 2.11 bits per heavy atom. The van der Waals surface area contributed by atoms with E-state index in [1.807, 2.05) is 0 Å². The van der Waals surface area contributed by atoms with Crippen molar-refractivity contribution in [2.24, 2.45) is 12.8 Å². The standard InChI is InChI=1S/C12H12ClN3O2/c1-15-4-5-16(12(15)18)7-9-3-2-8(11(14)17)6-10(9)13/h2-6H,7H2,1H3,(H2,14,17). The number of benzene rings is 1. The van der Waals surface area contributed by atoms with Crippen LogP contribution in [0.1, 0.15) is 15.9 Å². The molecule has 0 atom stereocenters. The second-order valence-electron chi connectivity index (χ2n) is 3.99. The van der Waals surface area contributed by atoms with Crippen LogP contribution in [0.3, 0.4) is 0 Å². The molecule has 2 aromatic rings. The molecule has 0 radical (unpaired) electrons. The van der Waals surface area contributed by atoms with Crippen molar-refractivity contribution < 1.29 is 4.79 Å². The largest absolute Gasteiger partial charge is 0.366 e. The number of aromatic nitrogens is 2. The molecule has 1 amide bonds. The lowest BCUT2D eigenvalue weighted by Crippen LogP contribution is -2.22. The average molecular weight is 266 g/mol. The number of halogens is 1. The number of nitrogens with zero attached hydrogens (tertiary/aromatic N) is 2. The fourth-order valence-electron chi connectivity index (χ4n) is 1.64. The molecule has 0 spiro atoms. The molecule has 2 rings (SSSR count). The number of rotatable bonds is 3. The van der Waals surface area contributed by atoms with Crippen molar-refractivity contribution in [2.75, 3.05) is 0 Å². The molecule has 94 valence electrons. The molecule has 0 aliphatic rings. The van der Waals surface area contributed by atoms with Crippen LogP contribution in [0.25, 0.3) is 0 Å². The highest BCUT2D eigenvalue weighted by Gasteiger charge is 2.07. The van der Waals surface area contributed by atoms with E-state index in [1.54, 1.807) is 31.6 Å². The maximum atomic E-state index is 11.7. The molecular formula is C12H12ClN3O2. The van der Waals surface area contributed by atoms with Crippen molar-refractivity contribution in [3.63, 3.8) is 0 Å². The van der Waals surface area contributed by atoms with Crippen LogP contribution >= 0.6 is 11.6 Å². The van der Waals surface area contributed by atoms with E-state index in [1.165, 1.54) is 15.2 Å². The molecule has 5 nitrogen and oxygen atoms in total. The molecular weight excluding hydrogens is 254 g/mol. The van der Waals surface area contributed by atoms with Gasteiger partial charge in [-0.2, -0.15) is 0 Å². The van der Waals surface area contributed by atoms with Gasteiger partial charge in [0.25, 0.3) is 0 Å². The van der Waals surface area contributed by atoms with E-state index in [0.717, 1.165) is 5.56 Å². The van der Waals surface area contributed by atoms with Crippen molar-refractivity contribution in [2.45, 2.75) is 6.54 Å². The van der Waals surface area contributed by atoms with Crippen LogP contribution in [0.5, 0.6) is 0 Å². The minimum absolute atomic E-state index is 0.120. The van der Waals surface area contributed by atoms with Gasteiger partial charge >= 0.3 is 5.69 Å². The van der Waals surface area contributed by atoms with E-state index in [4.69, 9.17) is 17.3 Å². The number of hydrogen-bond acceptors (Lipinski definition) is 2. The molecule has 1 heterocycles. The minimum atomic E-state index is -0.527. The van der Waals surface area contributed by atoms with E-state index in [2.05, 4.69) is 0 Å². The van der Waals surface area contributed by atoms with Crippen LogP contribution in [0, 0.1) is 0 Å². The first-order valence-corrected chi connectivity index (χ1v) is 5.67. The summed E-state index contributed by atoms with van der Waals surface area (Å²) in [6, 6.07) is 4.80. The highest BCUT2D eigenvalue weighted by atomic mass is 35.5. The lowest BCUT2D eigenvalue weighted by atomic mass is 10.1. The third-order valence-corrected chi connectivity index (χ3v) is 3.05. The molecule has 18 heavy (non-hydrogen) atoms. The van der Waals surface area contributed by atoms with Crippen LogP contribution in [0.15, 0.2) is 35.4 Å². The molecule has 0 saturated heterocycles. The topological polar surface area (TPSA) is 70.0 Å². The van der Waals surface area contributed by atoms with Gasteiger partial charge in [-0.05, 0) is 17.7 Å². The maximum absolute atomic E-state index is 11.7. The lowest BCUT2D eigenvalue weighted by molar-refractivity contribution is 0.100. The number of hydrogen-bond donors (Lipinski definition) is 1. The Morgan fingerprint density at radius 1 is 1.39 bits per heavy atom. The Kier molecular flexibility index (Phi) is 3.25. The SMILES string of the molecule is Cn1ccn(Cc2ccc(C(N)=O)cc2Cl)c1=O. The van der Waals surface area contributed by atoms with E-state index in [-0.39, 0.29) is 5.69 Å². The maximum Gasteiger partial charge on any atom is 0.328 e. The lowest BCUT2D eigenvalue weighted by Gasteiger charge is -2.06. The Hall–Kier alpha value is -2.01. The van der Waals surface area contributed by atoms with Gasteiger partial charge in [0, 0.05) is 30.0 Å². The van der Waals surface area contributed by atoms with Crippen molar-refractivity contribution in [3.05, 3.63) is 57.2 Å². The molecule has 1 aromatic carbocycles. The highest BCUT2D eigenvalue weighted by molar-refractivity contribution is 6.31. The Bertz CT molecular complexity index is 658. The quantitative estimate of drug-likeness (QED) is 0.899. The number of primary amides is 1. The number of amides is 1. The van der Waals surface area contributed by atoms with Crippen LogP contribution in [-0.4, -0.2) is 15.0 Å². The fraction of sp³-hybridized carbons (Fsp3) is 0.167. The molecule has 0 saturated carbocycles. The first kappa shape index (κ1) is 12.4. The van der Waals surface area contributed by atoms with Crippen LogP contribution in [0.2, 0.25) is 5.02 Å². The molecule has 6 heteroatoms. The zero-order valence-corrected chi connectivity index (χ0v) is 10.5. The molecule has 1 aromatic heterocycles. The minimum Gasteiger partial charge on any atom is -0.366 e. The summed E-state index contributed by atoms with van der Waals surface area (Å²) in [4.78, 5) is 22.7. The molecule has 0 unspecified atom stereocenters. The monoisotopic (exact) mass is 265 g/mol. The second kappa shape index (κ2) is 4.70. The van der Waals surface area contributed by atoms with Crippen molar-refractivity contribution in [1.82, 2.24) is 9.13 Å². The molecule has 0 aliphatic heterocycles. The van der Waals surface area contributed by atoms with E-state index in [9.17, 15) is 9.59 Å². The van der Waals surface area contributed by atoms with Crippen LogP contribution < -0.4 is 11.4 Å². The first-order chi connectivity index (χ1) is 8.49. The summed E-state index contributed by atoms with van der Waals surface area (Å²) in [6.45, 7) is 0.359. The second-order valence-corrected chi connectivity index (χ2v) is 4.40. The Balaban J connectivity index is 2.33. The summed E-state index contributed by atoms with van der Waals surface area (Å²) < 4.78 is 3.01. The number of aryl methyl sites for hydroxylation is 1. The first-order valence-electron chi connectivity index (χ1n) is 5.29. The van der Waals surface area contributed by atoms with Crippen LogP contribution in [0.4, 0.5) is 0 Å². The van der Waals surface area contributed by atoms with Crippen molar-refractivity contribution >= 4 is 17.5 Å². The van der Waals surface area contributed by atoms with Gasteiger partial charge < -0.3 is 10.3 Å². The van der Waals surface area contributed by atoms with E-state index >= 15 is 0 Å². The summed E-state index contributed by atoms with van der Waals surface area (Å²) in [5.41, 5.74) is 6.15. The summed E-state index contributed by atoms with van der Waals surface area (Å²) in [5.74, 6) is -0.527. The van der Waals surface area contributed by atoms with Crippen LogP contribution in [-0.2, 0) is 13.6 Å². The number of imidazole rings is 1. The summed E-state index contributed by atoms with van der Waals surface area (Å²) in [5, 5.41) is 0.419. The van der Waals surface area contributed by atoms with Gasteiger partial charge in [0.05, 0.1) is 6.54 Å². The summed E-state index contributed by atoms with van der Waals surface area (Å²) in [6.07, 6.45) is 3.36.